The highest BCUT2D eigenvalue weighted by molar-refractivity contribution is 8.09. The highest BCUT2D eigenvalue weighted by atomic mass is 32.2. The van der Waals surface area contributed by atoms with Gasteiger partial charge in [0.2, 0.25) is 0 Å². The second-order valence-electron chi connectivity index (χ2n) is 1.91. The Morgan fingerprint density at radius 3 is 2.75 bits per heavy atom. The number of methoxy groups -OCH3 is 1. The number of rotatable bonds is 4. The van der Waals surface area contributed by atoms with E-state index in [1.165, 1.54) is 18.9 Å². The first kappa shape index (κ1) is 11.6. The Morgan fingerprint density at radius 1 is 1.75 bits per heavy atom. The molecule has 0 radical (unpaired) electrons. The first-order valence-electron chi connectivity index (χ1n) is 3.20. The van der Waals surface area contributed by atoms with Gasteiger partial charge in [-0.15, -0.1) is 24.4 Å². The normalized spacial score (nSPS) is 13.8. The van der Waals surface area contributed by atoms with Gasteiger partial charge in [-0.25, -0.2) is 4.79 Å². The van der Waals surface area contributed by atoms with Crippen LogP contribution in [0, 0.1) is 0 Å². The fraction of sp³-hybridized carbons (Fsp3) is 0.667. The van der Waals surface area contributed by atoms with Crippen molar-refractivity contribution in [1.29, 1.82) is 0 Å². The van der Waals surface area contributed by atoms with Crippen molar-refractivity contribution < 1.29 is 9.53 Å². The van der Waals surface area contributed by atoms with Crippen LogP contribution in [0.2, 0.25) is 0 Å². The van der Waals surface area contributed by atoms with Crippen molar-refractivity contribution in [2.75, 3.05) is 13.4 Å². The zero-order valence-electron chi connectivity index (χ0n) is 7.20. The van der Waals surface area contributed by atoms with Crippen LogP contribution in [0.5, 0.6) is 0 Å². The van der Waals surface area contributed by atoms with Crippen LogP contribution in [0.25, 0.3) is 0 Å². The molecule has 1 unspecified atom stereocenters. The highest BCUT2D eigenvalue weighted by Gasteiger charge is 2.04. The van der Waals surface area contributed by atoms with Crippen molar-refractivity contribution in [3.8, 4) is 0 Å². The zero-order valence-corrected chi connectivity index (χ0v) is 8.91. The molecule has 6 heteroatoms. The summed E-state index contributed by atoms with van der Waals surface area (Å²) in [5, 5.41) is 3.76. The number of thiol groups is 1. The number of nitrogens with zero attached hydrogens (tertiary/aromatic N) is 1. The molecule has 0 aromatic carbocycles. The van der Waals surface area contributed by atoms with Gasteiger partial charge in [0.25, 0.3) is 0 Å². The van der Waals surface area contributed by atoms with Gasteiger partial charge < -0.3 is 4.74 Å². The highest BCUT2D eigenvalue weighted by Crippen LogP contribution is 2.05. The molecule has 0 saturated heterocycles. The van der Waals surface area contributed by atoms with Crippen LogP contribution in [0.1, 0.15) is 6.92 Å². The average molecular weight is 208 g/mol. The van der Waals surface area contributed by atoms with Crippen LogP contribution in [-0.2, 0) is 9.53 Å². The Kier molecular flexibility index (Phi) is 6.00. The molecule has 0 aliphatic rings. The van der Waals surface area contributed by atoms with E-state index < -0.39 is 5.97 Å². The molecular formula is C6H12N2O2S2. The van der Waals surface area contributed by atoms with Crippen LogP contribution in [0.15, 0.2) is 5.10 Å². The minimum atomic E-state index is -0.441. The number of carbonyl (C=O) groups excluding carboxylic acids is 1. The number of thioether (sulfide) groups is 1. The lowest BCUT2D eigenvalue weighted by Gasteiger charge is -2.06. The summed E-state index contributed by atoms with van der Waals surface area (Å²) in [6, 6.07) is 0. The van der Waals surface area contributed by atoms with Crippen molar-refractivity contribution in [3.63, 3.8) is 0 Å². The van der Waals surface area contributed by atoms with E-state index >= 15 is 0 Å². The second kappa shape index (κ2) is 6.19. The predicted octanol–water partition coefficient (Wildman–Crippen LogP) is 0.701. The van der Waals surface area contributed by atoms with E-state index in [0.29, 0.717) is 0 Å². The minimum Gasteiger partial charge on any atom is -0.464 e. The molecule has 1 N–H and O–H groups in total. The number of hydrogen-bond donors (Lipinski definition) is 2. The summed E-state index contributed by atoms with van der Waals surface area (Å²) in [6.07, 6.45) is 1.88. The largest absolute Gasteiger partial charge is 0.464 e. The van der Waals surface area contributed by atoms with Gasteiger partial charge in [0, 0.05) is 0 Å². The zero-order chi connectivity index (χ0) is 9.56. The molecule has 1 atom stereocenters. The molecule has 0 aliphatic carbocycles. The van der Waals surface area contributed by atoms with Crippen LogP contribution in [0.3, 0.4) is 0 Å². The van der Waals surface area contributed by atoms with E-state index in [-0.39, 0.29) is 10.4 Å². The third-order valence-corrected chi connectivity index (χ3v) is 2.35. The number of ether oxygens (including phenoxy) is 1. The van der Waals surface area contributed by atoms with Gasteiger partial charge in [0.1, 0.15) is 10.4 Å². The van der Waals surface area contributed by atoms with Crippen molar-refractivity contribution >= 4 is 36.1 Å². The lowest BCUT2D eigenvalue weighted by atomic mass is 10.4. The standard InChI is InChI=1S/C6H12N2O2S2/c1-4(5(9)10-2)7-8-6(11)12-3/h6,8,11H,1-3H3/b7-4+. The molecule has 0 heterocycles. The average Bonchev–Trinajstić information content (AvgIpc) is 2.11. The Hall–Kier alpha value is -0.360. The predicted molar refractivity (Wildman–Crippen MR) is 54.5 cm³/mol. The lowest BCUT2D eigenvalue weighted by molar-refractivity contribution is -0.132. The van der Waals surface area contributed by atoms with Crippen LogP contribution in [-0.4, -0.2) is 29.8 Å². The third-order valence-electron chi connectivity index (χ3n) is 1.05. The molecule has 0 spiro atoms. The SMILES string of the molecule is COC(=O)/C(C)=N/NC(S)SC. The fourth-order valence-corrected chi connectivity index (χ4v) is 0.614. The van der Waals surface area contributed by atoms with Gasteiger partial charge in [-0.3, -0.25) is 5.43 Å². The topological polar surface area (TPSA) is 50.7 Å². The monoisotopic (exact) mass is 208 g/mol. The Morgan fingerprint density at radius 2 is 2.33 bits per heavy atom. The summed E-state index contributed by atoms with van der Waals surface area (Å²) in [4.78, 5) is 10.8. The molecule has 12 heavy (non-hydrogen) atoms. The van der Waals surface area contributed by atoms with Gasteiger partial charge in [0.15, 0.2) is 0 Å². The first-order chi connectivity index (χ1) is 5.61. The van der Waals surface area contributed by atoms with E-state index in [1.54, 1.807) is 6.92 Å². The number of hydrogen-bond acceptors (Lipinski definition) is 6. The lowest BCUT2D eigenvalue weighted by Crippen LogP contribution is -2.20. The molecule has 0 amide bonds. The van der Waals surface area contributed by atoms with E-state index in [9.17, 15) is 4.79 Å². The van der Waals surface area contributed by atoms with Gasteiger partial charge in [-0.2, -0.15) is 5.10 Å². The summed E-state index contributed by atoms with van der Waals surface area (Å²) in [5.41, 5.74) is 2.94. The Labute approximate surface area is 81.5 Å². The van der Waals surface area contributed by atoms with Gasteiger partial charge in [-0.05, 0) is 13.2 Å². The molecule has 4 nitrogen and oxygen atoms in total. The molecule has 0 aromatic heterocycles. The second-order valence-corrected chi connectivity index (χ2v) is 3.71. The van der Waals surface area contributed by atoms with Crippen molar-refractivity contribution in [1.82, 2.24) is 5.43 Å². The summed E-state index contributed by atoms with van der Waals surface area (Å²) in [5.74, 6) is -0.441. The fourth-order valence-electron chi connectivity index (χ4n) is 0.398. The number of esters is 1. The smallest absolute Gasteiger partial charge is 0.353 e. The third kappa shape index (κ3) is 4.50. The molecule has 0 fully saturated rings. The van der Waals surface area contributed by atoms with Crippen LogP contribution < -0.4 is 5.43 Å². The maximum absolute atomic E-state index is 10.8. The Balaban J connectivity index is 3.91. The molecule has 0 aliphatic heterocycles. The molecule has 70 valence electrons. The van der Waals surface area contributed by atoms with Crippen molar-refractivity contribution in [3.05, 3.63) is 0 Å². The summed E-state index contributed by atoms with van der Waals surface area (Å²) >= 11 is 5.57. The van der Waals surface area contributed by atoms with Crippen LogP contribution in [0.4, 0.5) is 0 Å². The summed E-state index contributed by atoms with van der Waals surface area (Å²) in [7, 11) is 1.31. The van der Waals surface area contributed by atoms with Gasteiger partial charge in [0.05, 0.1) is 7.11 Å². The quantitative estimate of drug-likeness (QED) is 0.235. The Bertz CT molecular complexity index is 184. The van der Waals surface area contributed by atoms with Crippen LogP contribution >= 0.6 is 24.4 Å². The molecule has 0 bridgehead atoms. The number of carbonyl (C=O) groups is 1. The summed E-state index contributed by atoms with van der Waals surface area (Å²) in [6.45, 7) is 1.57. The number of nitrogens with one attached hydrogen (secondary N) is 1. The first-order valence-corrected chi connectivity index (χ1v) is 5.01. The van der Waals surface area contributed by atoms with Crippen molar-refractivity contribution in [2.45, 2.75) is 11.6 Å². The molecule has 0 saturated carbocycles. The molecule has 0 aromatic rings. The molecular weight excluding hydrogens is 196 g/mol. The maximum atomic E-state index is 10.8. The van der Waals surface area contributed by atoms with E-state index in [4.69, 9.17) is 0 Å². The van der Waals surface area contributed by atoms with Crippen molar-refractivity contribution in [2.24, 2.45) is 5.10 Å². The van der Waals surface area contributed by atoms with Gasteiger partial charge in [-0.1, -0.05) is 0 Å². The number of hydrazone groups is 1. The van der Waals surface area contributed by atoms with Gasteiger partial charge >= 0.3 is 5.97 Å². The maximum Gasteiger partial charge on any atom is 0.353 e. The van der Waals surface area contributed by atoms with E-state index in [1.807, 2.05) is 6.26 Å². The van der Waals surface area contributed by atoms with E-state index in [2.05, 4.69) is 27.9 Å². The summed E-state index contributed by atoms with van der Waals surface area (Å²) < 4.78 is 4.33. The molecule has 0 rings (SSSR count). The van der Waals surface area contributed by atoms with E-state index in [0.717, 1.165) is 0 Å². The minimum absolute atomic E-state index is 0.107.